The molecule has 0 N–H and O–H groups in total. The van der Waals surface area contributed by atoms with E-state index in [4.69, 9.17) is 4.74 Å². The number of hydrogen-bond donors (Lipinski definition) is 0. The lowest BCUT2D eigenvalue weighted by atomic mass is 10.1. The van der Waals surface area contributed by atoms with E-state index in [1.54, 1.807) is 24.3 Å². The van der Waals surface area contributed by atoms with Gasteiger partial charge in [0.15, 0.2) is 0 Å². The van der Waals surface area contributed by atoms with Crippen LogP contribution >= 0.6 is 0 Å². The molecule has 4 heteroatoms. The molecule has 0 bridgehead atoms. The van der Waals surface area contributed by atoms with Crippen LogP contribution in [0.15, 0.2) is 24.3 Å². The molecule has 112 valence electrons. The zero-order chi connectivity index (χ0) is 14.8. The van der Waals surface area contributed by atoms with E-state index in [1.807, 2.05) is 0 Å². The number of esters is 1. The molecule has 0 spiro atoms. The Morgan fingerprint density at radius 3 is 2.50 bits per heavy atom. The lowest BCUT2D eigenvalue weighted by molar-refractivity contribution is 0.0600. The normalized spacial score (nSPS) is 11.9. The minimum atomic E-state index is -0.938. The number of unbranched alkanes of at least 4 members (excludes halogenated alkanes) is 3. The molecule has 1 atom stereocenters. The van der Waals surface area contributed by atoms with E-state index in [-0.39, 0.29) is 6.61 Å². The number of ether oxygens (including phenoxy) is 2. The van der Waals surface area contributed by atoms with Gasteiger partial charge in [-0.1, -0.05) is 32.6 Å². The van der Waals surface area contributed by atoms with Gasteiger partial charge in [-0.15, -0.1) is 0 Å². The Morgan fingerprint density at radius 2 is 1.90 bits per heavy atom. The highest BCUT2D eigenvalue weighted by Gasteiger charge is 2.08. The van der Waals surface area contributed by atoms with Gasteiger partial charge in [-0.2, -0.15) is 0 Å². The van der Waals surface area contributed by atoms with Gasteiger partial charge in [0.1, 0.15) is 18.5 Å². The Bertz CT molecular complexity index is 389. The highest BCUT2D eigenvalue weighted by molar-refractivity contribution is 5.89. The number of benzene rings is 1. The van der Waals surface area contributed by atoms with Gasteiger partial charge in [-0.05, 0) is 30.7 Å². The van der Waals surface area contributed by atoms with Crippen molar-refractivity contribution in [3.63, 3.8) is 0 Å². The zero-order valence-electron chi connectivity index (χ0n) is 12.2. The molecule has 1 aromatic rings. The minimum absolute atomic E-state index is 0.0592. The van der Waals surface area contributed by atoms with E-state index in [9.17, 15) is 9.18 Å². The third-order valence-corrected chi connectivity index (χ3v) is 3.08. The predicted molar refractivity (Wildman–Crippen MR) is 76.9 cm³/mol. The maximum absolute atomic E-state index is 13.6. The van der Waals surface area contributed by atoms with Crippen molar-refractivity contribution in [2.24, 2.45) is 0 Å². The van der Waals surface area contributed by atoms with E-state index < -0.39 is 12.1 Å². The van der Waals surface area contributed by atoms with Crippen LogP contribution in [-0.4, -0.2) is 25.9 Å². The van der Waals surface area contributed by atoms with Crippen LogP contribution in [0.5, 0.6) is 5.75 Å². The monoisotopic (exact) mass is 282 g/mol. The van der Waals surface area contributed by atoms with E-state index in [1.165, 1.54) is 7.11 Å². The average Bonchev–Trinajstić information content (AvgIpc) is 2.49. The first kappa shape index (κ1) is 16.5. The summed E-state index contributed by atoms with van der Waals surface area (Å²) in [5.41, 5.74) is 0.455. The van der Waals surface area contributed by atoms with Crippen molar-refractivity contribution in [3.8, 4) is 5.75 Å². The van der Waals surface area contributed by atoms with Crippen LogP contribution < -0.4 is 4.74 Å². The molecule has 0 saturated carbocycles. The smallest absolute Gasteiger partial charge is 0.337 e. The molecule has 3 nitrogen and oxygen atoms in total. The van der Waals surface area contributed by atoms with Crippen molar-refractivity contribution < 1.29 is 18.7 Å². The van der Waals surface area contributed by atoms with E-state index >= 15 is 0 Å². The third kappa shape index (κ3) is 6.04. The van der Waals surface area contributed by atoms with Gasteiger partial charge in [0, 0.05) is 0 Å². The van der Waals surface area contributed by atoms with Crippen LogP contribution in [0, 0.1) is 0 Å². The highest BCUT2D eigenvalue weighted by Crippen LogP contribution is 2.15. The minimum Gasteiger partial charge on any atom is -0.491 e. The number of hydrogen-bond acceptors (Lipinski definition) is 3. The number of carbonyl (C=O) groups is 1. The number of alkyl halides is 1. The molecule has 0 radical (unpaired) electrons. The third-order valence-electron chi connectivity index (χ3n) is 3.08. The van der Waals surface area contributed by atoms with Gasteiger partial charge in [0.05, 0.1) is 12.7 Å². The Morgan fingerprint density at radius 1 is 1.20 bits per heavy atom. The molecule has 1 rings (SSSR count). The molecule has 1 aromatic carbocycles. The molecule has 0 heterocycles. The summed E-state index contributed by atoms with van der Waals surface area (Å²) in [5.74, 6) is 0.171. The Balaban J connectivity index is 2.29. The van der Waals surface area contributed by atoms with Gasteiger partial charge in [-0.25, -0.2) is 9.18 Å². The molecule has 0 aromatic heterocycles. The van der Waals surface area contributed by atoms with Crippen molar-refractivity contribution >= 4 is 5.97 Å². The summed E-state index contributed by atoms with van der Waals surface area (Å²) in [6.45, 7) is 2.19. The van der Waals surface area contributed by atoms with Crippen LogP contribution in [0.3, 0.4) is 0 Å². The van der Waals surface area contributed by atoms with Gasteiger partial charge in [-0.3, -0.25) is 0 Å². The van der Waals surface area contributed by atoms with Crippen LogP contribution in [0.4, 0.5) is 4.39 Å². The maximum Gasteiger partial charge on any atom is 0.337 e. The second kappa shape index (κ2) is 9.34. The predicted octanol–water partition coefficient (Wildman–Crippen LogP) is 4.16. The second-order valence-corrected chi connectivity index (χ2v) is 4.77. The summed E-state index contributed by atoms with van der Waals surface area (Å²) < 4.78 is 23.5. The number of carbonyl (C=O) groups excluding carboxylic acids is 1. The van der Waals surface area contributed by atoms with Crippen LogP contribution in [-0.2, 0) is 4.74 Å². The SMILES string of the molecule is CCCCCCC(F)COc1ccc(C(=O)OC)cc1. The number of halogens is 1. The molecular formula is C16H23FO3. The number of rotatable bonds is 9. The molecule has 0 amide bonds. The lowest BCUT2D eigenvalue weighted by Gasteiger charge is -2.10. The van der Waals surface area contributed by atoms with Gasteiger partial charge in [0.25, 0.3) is 0 Å². The van der Waals surface area contributed by atoms with Crippen LogP contribution in [0.1, 0.15) is 49.4 Å². The van der Waals surface area contributed by atoms with Crippen LogP contribution in [0.2, 0.25) is 0 Å². The average molecular weight is 282 g/mol. The summed E-state index contributed by atoms with van der Waals surface area (Å²) in [7, 11) is 1.33. The summed E-state index contributed by atoms with van der Waals surface area (Å²) in [5, 5.41) is 0. The fourth-order valence-corrected chi connectivity index (χ4v) is 1.87. The van der Waals surface area contributed by atoms with Crippen molar-refractivity contribution in [3.05, 3.63) is 29.8 Å². The fourth-order valence-electron chi connectivity index (χ4n) is 1.87. The highest BCUT2D eigenvalue weighted by atomic mass is 19.1. The molecule has 0 fully saturated rings. The summed E-state index contributed by atoms with van der Waals surface area (Å²) in [6, 6.07) is 6.51. The number of methoxy groups -OCH3 is 1. The topological polar surface area (TPSA) is 35.5 Å². The first-order valence-electron chi connectivity index (χ1n) is 7.12. The van der Waals surface area contributed by atoms with E-state index in [2.05, 4.69) is 11.7 Å². The van der Waals surface area contributed by atoms with Crippen molar-refractivity contribution in [1.29, 1.82) is 0 Å². The zero-order valence-corrected chi connectivity index (χ0v) is 12.2. The summed E-state index contributed by atoms with van der Waals surface area (Å²) in [6.07, 6.45) is 3.89. The molecule has 20 heavy (non-hydrogen) atoms. The lowest BCUT2D eigenvalue weighted by Crippen LogP contribution is -2.12. The Hall–Kier alpha value is -1.58. The fraction of sp³-hybridized carbons (Fsp3) is 0.562. The molecular weight excluding hydrogens is 259 g/mol. The molecule has 0 aliphatic rings. The first-order chi connectivity index (χ1) is 9.67. The van der Waals surface area contributed by atoms with E-state index in [0.29, 0.717) is 17.7 Å². The van der Waals surface area contributed by atoms with Crippen LogP contribution in [0.25, 0.3) is 0 Å². The molecule has 0 aliphatic heterocycles. The van der Waals surface area contributed by atoms with Crippen molar-refractivity contribution in [1.82, 2.24) is 0 Å². The molecule has 1 unspecified atom stereocenters. The Kier molecular flexibility index (Phi) is 7.70. The quantitative estimate of drug-likeness (QED) is 0.504. The summed E-state index contributed by atoms with van der Waals surface area (Å²) >= 11 is 0. The molecule has 0 saturated heterocycles. The van der Waals surface area contributed by atoms with Crippen molar-refractivity contribution in [2.45, 2.75) is 45.2 Å². The van der Waals surface area contributed by atoms with Gasteiger partial charge in [0.2, 0.25) is 0 Å². The van der Waals surface area contributed by atoms with E-state index in [0.717, 1.165) is 25.7 Å². The van der Waals surface area contributed by atoms with Gasteiger partial charge >= 0.3 is 5.97 Å². The first-order valence-corrected chi connectivity index (χ1v) is 7.12. The Labute approximate surface area is 120 Å². The summed E-state index contributed by atoms with van der Waals surface area (Å²) in [4.78, 5) is 11.2. The standard InChI is InChI=1S/C16H23FO3/c1-3-4-5-6-7-14(17)12-20-15-10-8-13(9-11-15)16(18)19-2/h8-11,14H,3-7,12H2,1-2H3. The second-order valence-electron chi connectivity index (χ2n) is 4.77. The van der Waals surface area contributed by atoms with Gasteiger partial charge < -0.3 is 9.47 Å². The largest absolute Gasteiger partial charge is 0.491 e. The molecule has 0 aliphatic carbocycles. The van der Waals surface area contributed by atoms with Crippen molar-refractivity contribution in [2.75, 3.05) is 13.7 Å². The maximum atomic E-state index is 13.6.